The van der Waals surface area contributed by atoms with Crippen LogP contribution in [0.25, 0.3) is 0 Å². The quantitative estimate of drug-likeness (QED) is 0.628. The lowest BCUT2D eigenvalue weighted by atomic mass is 9.56. The van der Waals surface area contributed by atoms with E-state index in [1.807, 2.05) is 6.92 Å². The summed E-state index contributed by atoms with van der Waals surface area (Å²) in [7, 11) is 0. The minimum Gasteiger partial charge on any atom is -0.392 e. The van der Waals surface area contributed by atoms with Gasteiger partial charge in [0.05, 0.1) is 11.7 Å². The Morgan fingerprint density at radius 1 is 1.47 bits per heavy atom. The van der Waals surface area contributed by atoms with Crippen molar-refractivity contribution < 1.29 is 15.0 Å². The van der Waals surface area contributed by atoms with Crippen molar-refractivity contribution in [3.8, 4) is 0 Å². The zero-order chi connectivity index (χ0) is 11.3. The third kappa shape index (κ3) is 1.54. The lowest BCUT2D eigenvalue weighted by Gasteiger charge is -2.52. The maximum Gasteiger partial charge on any atom is 0.155 e. The van der Waals surface area contributed by atoms with Crippen molar-refractivity contribution in [2.45, 2.75) is 44.8 Å². The Bertz CT molecular complexity index is 319. The SMILES string of the molecule is CC1(O)CCC(O)C2(C)C=CC(=O)CC12. The maximum absolute atomic E-state index is 11.4. The van der Waals surface area contributed by atoms with Gasteiger partial charge >= 0.3 is 0 Å². The summed E-state index contributed by atoms with van der Waals surface area (Å²) < 4.78 is 0. The zero-order valence-corrected chi connectivity index (χ0v) is 9.23. The van der Waals surface area contributed by atoms with Crippen molar-refractivity contribution in [3.63, 3.8) is 0 Å². The second kappa shape index (κ2) is 3.16. The van der Waals surface area contributed by atoms with Crippen LogP contribution in [0.15, 0.2) is 12.2 Å². The molecule has 0 heterocycles. The van der Waals surface area contributed by atoms with Crippen LogP contribution in [0.5, 0.6) is 0 Å². The maximum atomic E-state index is 11.4. The smallest absolute Gasteiger partial charge is 0.155 e. The van der Waals surface area contributed by atoms with Gasteiger partial charge in [0.2, 0.25) is 0 Å². The third-order valence-electron chi connectivity index (χ3n) is 4.18. The van der Waals surface area contributed by atoms with Crippen molar-refractivity contribution in [2.75, 3.05) is 0 Å². The predicted octanol–water partition coefficient (Wildman–Crippen LogP) is 1.04. The molecule has 1 saturated carbocycles. The summed E-state index contributed by atoms with van der Waals surface area (Å²) in [6, 6.07) is 0. The molecule has 2 rings (SSSR count). The zero-order valence-electron chi connectivity index (χ0n) is 9.23. The summed E-state index contributed by atoms with van der Waals surface area (Å²) in [4.78, 5) is 11.4. The fraction of sp³-hybridized carbons (Fsp3) is 0.750. The molecule has 4 unspecified atom stereocenters. The summed E-state index contributed by atoms with van der Waals surface area (Å²) in [5, 5.41) is 20.3. The van der Waals surface area contributed by atoms with E-state index in [4.69, 9.17) is 0 Å². The average Bonchev–Trinajstić information content (AvgIpc) is 2.16. The van der Waals surface area contributed by atoms with Crippen LogP contribution >= 0.6 is 0 Å². The molecule has 0 aromatic carbocycles. The lowest BCUT2D eigenvalue weighted by molar-refractivity contribution is -0.146. The summed E-state index contributed by atoms with van der Waals surface area (Å²) in [6.45, 7) is 3.70. The van der Waals surface area contributed by atoms with E-state index < -0.39 is 17.1 Å². The molecule has 0 aliphatic heterocycles. The minimum absolute atomic E-state index is 0.0480. The fourth-order valence-corrected chi connectivity index (χ4v) is 3.03. The largest absolute Gasteiger partial charge is 0.392 e. The number of hydrogen-bond acceptors (Lipinski definition) is 3. The van der Waals surface area contributed by atoms with E-state index in [0.29, 0.717) is 19.3 Å². The van der Waals surface area contributed by atoms with Crippen molar-refractivity contribution in [1.29, 1.82) is 0 Å². The standard InChI is InChI=1S/C12H18O3/c1-11-5-3-8(13)7-9(11)12(2,15)6-4-10(11)14/h3,5,9-10,14-15H,4,6-7H2,1-2H3. The molecule has 0 saturated heterocycles. The molecule has 0 aromatic rings. The molecular weight excluding hydrogens is 192 g/mol. The van der Waals surface area contributed by atoms with E-state index in [0.717, 1.165) is 0 Å². The van der Waals surface area contributed by atoms with E-state index in [1.165, 1.54) is 0 Å². The van der Waals surface area contributed by atoms with Gasteiger partial charge in [-0.3, -0.25) is 4.79 Å². The van der Waals surface area contributed by atoms with Gasteiger partial charge in [0.15, 0.2) is 5.78 Å². The van der Waals surface area contributed by atoms with Crippen molar-refractivity contribution in [3.05, 3.63) is 12.2 Å². The van der Waals surface area contributed by atoms with Gasteiger partial charge in [-0.15, -0.1) is 0 Å². The Morgan fingerprint density at radius 2 is 2.13 bits per heavy atom. The summed E-state index contributed by atoms with van der Waals surface area (Å²) in [6.07, 6.45) is 4.38. The second-order valence-corrected chi connectivity index (χ2v) is 5.33. The van der Waals surface area contributed by atoms with E-state index in [1.54, 1.807) is 19.1 Å². The molecule has 3 nitrogen and oxygen atoms in total. The number of rotatable bonds is 0. The summed E-state index contributed by atoms with van der Waals surface area (Å²) >= 11 is 0. The van der Waals surface area contributed by atoms with Gasteiger partial charge in [-0.2, -0.15) is 0 Å². The molecule has 84 valence electrons. The van der Waals surface area contributed by atoms with E-state index >= 15 is 0 Å². The third-order valence-corrected chi connectivity index (χ3v) is 4.18. The monoisotopic (exact) mass is 210 g/mol. The predicted molar refractivity (Wildman–Crippen MR) is 56.2 cm³/mol. The number of aliphatic hydroxyl groups is 2. The Hall–Kier alpha value is -0.670. The molecule has 2 aliphatic carbocycles. The Labute approximate surface area is 89.8 Å². The van der Waals surface area contributed by atoms with Crippen LogP contribution in [0.3, 0.4) is 0 Å². The molecule has 0 aromatic heterocycles. The first-order chi connectivity index (χ1) is 6.86. The van der Waals surface area contributed by atoms with Crippen LogP contribution in [0.1, 0.15) is 33.1 Å². The molecule has 15 heavy (non-hydrogen) atoms. The lowest BCUT2D eigenvalue weighted by Crippen LogP contribution is -2.55. The normalized spacial score (nSPS) is 50.3. The minimum atomic E-state index is -0.839. The van der Waals surface area contributed by atoms with Crippen LogP contribution in [0.4, 0.5) is 0 Å². The van der Waals surface area contributed by atoms with Crippen molar-refractivity contribution >= 4 is 5.78 Å². The number of allylic oxidation sites excluding steroid dienone is 1. The van der Waals surface area contributed by atoms with E-state index in [9.17, 15) is 15.0 Å². The molecular formula is C12H18O3. The highest BCUT2D eigenvalue weighted by Crippen LogP contribution is 2.50. The highest BCUT2D eigenvalue weighted by atomic mass is 16.3. The Balaban J connectivity index is 2.42. The topological polar surface area (TPSA) is 57.5 Å². The van der Waals surface area contributed by atoms with Gasteiger partial charge in [-0.05, 0) is 25.8 Å². The molecule has 2 N–H and O–H groups in total. The molecule has 0 radical (unpaired) electrons. The molecule has 1 fully saturated rings. The van der Waals surface area contributed by atoms with Crippen LogP contribution in [0.2, 0.25) is 0 Å². The molecule has 0 amide bonds. The number of aliphatic hydroxyl groups excluding tert-OH is 1. The average molecular weight is 210 g/mol. The Morgan fingerprint density at radius 3 is 2.80 bits per heavy atom. The highest BCUT2D eigenvalue weighted by molar-refractivity contribution is 5.91. The van der Waals surface area contributed by atoms with Crippen LogP contribution in [-0.2, 0) is 4.79 Å². The van der Waals surface area contributed by atoms with Crippen LogP contribution in [0, 0.1) is 11.3 Å². The van der Waals surface area contributed by atoms with Gasteiger partial charge < -0.3 is 10.2 Å². The number of fused-ring (bicyclic) bond motifs is 1. The van der Waals surface area contributed by atoms with E-state index in [-0.39, 0.29) is 11.7 Å². The van der Waals surface area contributed by atoms with Crippen molar-refractivity contribution in [1.82, 2.24) is 0 Å². The summed E-state index contributed by atoms with van der Waals surface area (Å²) in [5.41, 5.74) is -1.29. The van der Waals surface area contributed by atoms with Crippen LogP contribution in [-0.4, -0.2) is 27.7 Å². The Kier molecular flexibility index (Phi) is 2.28. The highest BCUT2D eigenvalue weighted by Gasteiger charge is 2.53. The first-order valence-electron chi connectivity index (χ1n) is 5.49. The number of ketones is 1. The molecule has 0 bridgehead atoms. The summed E-state index contributed by atoms with van der Waals surface area (Å²) in [5.74, 6) is -0.113. The number of carbonyl (C=O) groups is 1. The van der Waals surface area contributed by atoms with Gasteiger partial charge in [-0.1, -0.05) is 13.0 Å². The molecule has 2 aliphatic rings. The number of carbonyl (C=O) groups excluding carboxylic acids is 1. The number of hydrogen-bond donors (Lipinski definition) is 2. The molecule has 3 heteroatoms. The van der Waals surface area contributed by atoms with Gasteiger partial charge in [0.25, 0.3) is 0 Å². The molecule has 0 spiro atoms. The van der Waals surface area contributed by atoms with Gasteiger partial charge in [0, 0.05) is 17.8 Å². The fourth-order valence-electron chi connectivity index (χ4n) is 3.03. The van der Waals surface area contributed by atoms with Crippen molar-refractivity contribution in [2.24, 2.45) is 11.3 Å². The first-order valence-corrected chi connectivity index (χ1v) is 5.49. The van der Waals surface area contributed by atoms with Gasteiger partial charge in [-0.25, -0.2) is 0 Å². The second-order valence-electron chi connectivity index (χ2n) is 5.33. The van der Waals surface area contributed by atoms with Crippen LogP contribution < -0.4 is 0 Å². The van der Waals surface area contributed by atoms with E-state index in [2.05, 4.69) is 0 Å². The first kappa shape index (κ1) is 10.8. The molecule has 4 atom stereocenters. The van der Waals surface area contributed by atoms with Gasteiger partial charge in [0.1, 0.15) is 0 Å².